The van der Waals surface area contributed by atoms with Crippen molar-refractivity contribution in [1.29, 1.82) is 0 Å². The summed E-state index contributed by atoms with van der Waals surface area (Å²) in [5.74, 6) is -0.930. The van der Waals surface area contributed by atoms with Gasteiger partial charge in [0, 0.05) is 24.2 Å². The fourth-order valence-electron chi connectivity index (χ4n) is 1.63. The highest BCUT2D eigenvalue weighted by molar-refractivity contribution is 6.09. The van der Waals surface area contributed by atoms with Crippen molar-refractivity contribution in [3.8, 4) is 0 Å². The number of nitrogens with zero attached hydrogens (tertiary/aromatic N) is 2. The normalized spacial score (nSPS) is 10.2. The van der Waals surface area contributed by atoms with Crippen LogP contribution in [-0.2, 0) is 6.42 Å². The number of hydrogen-bond acceptors (Lipinski definition) is 3. The standard InChI is InChI=1S/C13H11FN2O/c1-2-9-7-15-5-3-10(9)13(17)11-4-6-16-8-12(11)14/h3-8H,2H2,1H3. The number of carbonyl (C=O) groups excluding carboxylic acids is 1. The van der Waals surface area contributed by atoms with Gasteiger partial charge in [0.05, 0.1) is 11.8 Å². The van der Waals surface area contributed by atoms with Gasteiger partial charge in [0.1, 0.15) is 0 Å². The SMILES string of the molecule is CCc1cnccc1C(=O)c1ccncc1F. The summed E-state index contributed by atoms with van der Waals surface area (Å²) in [5.41, 5.74) is 1.35. The Labute approximate surface area is 98.3 Å². The first-order valence-corrected chi connectivity index (χ1v) is 5.31. The number of ketones is 1. The van der Waals surface area contributed by atoms with Crippen molar-refractivity contribution < 1.29 is 9.18 Å². The molecule has 0 aliphatic carbocycles. The van der Waals surface area contributed by atoms with Crippen molar-refractivity contribution >= 4 is 5.78 Å². The Balaban J connectivity index is 2.48. The second-order valence-corrected chi connectivity index (χ2v) is 3.57. The highest BCUT2D eigenvalue weighted by atomic mass is 19.1. The molecule has 2 aromatic heterocycles. The van der Waals surface area contributed by atoms with Crippen LogP contribution in [0.15, 0.2) is 36.9 Å². The van der Waals surface area contributed by atoms with Crippen LogP contribution in [0, 0.1) is 5.82 Å². The summed E-state index contributed by atoms with van der Waals surface area (Å²) in [4.78, 5) is 19.7. The number of aromatic nitrogens is 2. The summed E-state index contributed by atoms with van der Waals surface area (Å²) in [7, 11) is 0. The molecular formula is C13H11FN2O. The molecule has 0 radical (unpaired) electrons. The van der Waals surface area contributed by atoms with Gasteiger partial charge in [0.15, 0.2) is 11.6 Å². The van der Waals surface area contributed by atoms with Gasteiger partial charge in [0.2, 0.25) is 0 Å². The summed E-state index contributed by atoms with van der Waals surface area (Å²) in [6, 6.07) is 3.00. The first-order valence-electron chi connectivity index (χ1n) is 5.31. The predicted octanol–water partition coefficient (Wildman–Crippen LogP) is 2.41. The van der Waals surface area contributed by atoms with E-state index in [1.165, 1.54) is 18.5 Å². The van der Waals surface area contributed by atoms with E-state index in [1.807, 2.05) is 6.92 Å². The van der Waals surface area contributed by atoms with Crippen molar-refractivity contribution in [2.75, 3.05) is 0 Å². The summed E-state index contributed by atoms with van der Waals surface area (Å²) in [5, 5.41) is 0. The predicted molar refractivity (Wildman–Crippen MR) is 61.2 cm³/mol. The molecule has 0 N–H and O–H groups in total. The molecule has 0 aliphatic heterocycles. The van der Waals surface area contributed by atoms with Crippen molar-refractivity contribution in [2.45, 2.75) is 13.3 Å². The molecule has 0 spiro atoms. The number of rotatable bonds is 3. The van der Waals surface area contributed by atoms with E-state index in [2.05, 4.69) is 9.97 Å². The van der Waals surface area contributed by atoms with Gasteiger partial charge in [-0.15, -0.1) is 0 Å². The quantitative estimate of drug-likeness (QED) is 0.760. The molecule has 0 fully saturated rings. The van der Waals surface area contributed by atoms with E-state index in [4.69, 9.17) is 0 Å². The number of pyridine rings is 2. The monoisotopic (exact) mass is 230 g/mol. The lowest BCUT2D eigenvalue weighted by Gasteiger charge is -2.06. The second-order valence-electron chi connectivity index (χ2n) is 3.57. The Morgan fingerprint density at radius 1 is 1.18 bits per heavy atom. The molecule has 0 atom stereocenters. The molecule has 0 aromatic carbocycles. The Hall–Kier alpha value is -2.10. The second kappa shape index (κ2) is 4.82. The van der Waals surface area contributed by atoms with E-state index in [1.54, 1.807) is 12.3 Å². The smallest absolute Gasteiger partial charge is 0.196 e. The fourth-order valence-corrected chi connectivity index (χ4v) is 1.63. The van der Waals surface area contributed by atoms with E-state index < -0.39 is 5.82 Å². The Bertz CT molecular complexity index is 555. The van der Waals surface area contributed by atoms with Crippen LogP contribution in [0.1, 0.15) is 28.4 Å². The van der Waals surface area contributed by atoms with Crippen LogP contribution >= 0.6 is 0 Å². The number of hydrogen-bond donors (Lipinski definition) is 0. The molecule has 0 bridgehead atoms. The van der Waals surface area contributed by atoms with Gasteiger partial charge in [-0.2, -0.15) is 0 Å². The lowest BCUT2D eigenvalue weighted by atomic mass is 9.99. The summed E-state index contributed by atoms with van der Waals surface area (Å²) < 4.78 is 13.5. The maximum atomic E-state index is 13.5. The van der Waals surface area contributed by atoms with Crippen LogP contribution in [0.2, 0.25) is 0 Å². The first-order chi connectivity index (χ1) is 8.24. The number of aryl methyl sites for hydroxylation is 1. The van der Waals surface area contributed by atoms with E-state index in [9.17, 15) is 9.18 Å². The van der Waals surface area contributed by atoms with Crippen molar-refractivity contribution in [3.05, 3.63) is 59.4 Å². The third kappa shape index (κ3) is 2.20. The molecular weight excluding hydrogens is 219 g/mol. The minimum absolute atomic E-state index is 0.0425. The molecule has 2 heterocycles. The largest absolute Gasteiger partial charge is 0.288 e. The number of halogens is 1. The maximum absolute atomic E-state index is 13.5. The van der Waals surface area contributed by atoms with Gasteiger partial charge in [-0.3, -0.25) is 14.8 Å². The summed E-state index contributed by atoms with van der Waals surface area (Å²) >= 11 is 0. The zero-order valence-electron chi connectivity index (χ0n) is 9.35. The molecule has 0 saturated carbocycles. The zero-order chi connectivity index (χ0) is 12.3. The molecule has 0 saturated heterocycles. The summed E-state index contributed by atoms with van der Waals surface area (Å²) in [6.07, 6.45) is 6.29. The highest BCUT2D eigenvalue weighted by Gasteiger charge is 2.16. The van der Waals surface area contributed by atoms with E-state index >= 15 is 0 Å². The van der Waals surface area contributed by atoms with Crippen molar-refractivity contribution in [2.24, 2.45) is 0 Å². The Morgan fingerprint density at radius 2 is 1.82 bits per heavy atom. The molecule has 17 heavy (non-hydrogen) atoms. The van der Waals surface area contributed by atoms with Crippen molar-refractivity contribution in [3.63, 3.8) is 0 Å². The summed E-state index contributed by atoms with van der Waals surface area (Å²) in [6.45, 7) is 1.93. The minimum Gasteiger partial charge on any atom is -0.288 e. The van der Waals surface area contributed by atoms with Crippen molar-refractivity contribution in [1.82, 2.24) is 9.97 Å². The molecule has 4 heteroatoms. The minimum atomic E-state index is -0.601. The van der Waals surface area contributed by atoms with Crippen LogP contribution in [0.4, 0.5) is 4.39 Å². The van der Waals surface area contributed by atoms with E-state index in [0.29, 0.717) is 12.0 Å². The van der Waals surface area contributed by atoms with Crippen LogP contribution in [-0.4, -0.2) is 15.8 Å². The average Bonchev–Trinajstić information content (AvgIpc) is 2.38. The van der Waals surface area contributed by atoms with Gasteiger partial charge in [0.25, 0.3) is 0 Å². The molecule has 2 aromatic rings. The molecule has 0 unspecified atom stereocenters. The average molecular weight is 230 g/mol. The van der Waals surface area contributed by atoms with Crippen LogP contribution < -0.4 is 0 Å². The maximum Gasteiger partial charge on any atom is 0.196 e. The molecule has 0 aliphatic rings. The Kier molecular flexibility index (Phi) is 3.23. The topological polar surface area (TPSA) is 42.9 Å². The van der Waals surface area contributed by atoms with Crippen LogP contribution in [0.25, 0.3) is 0 Å². The lowest BCUT2D eigenvalue weighted by Crippen LogP contribution is -2.08. The van der Waals surface area contributed by atoms with Gasteiger partial charge < -0.3 is 0 Å². The molecule has 2 rings (SSSR count). The van der Waals surface area contributed by atoms with Gasteiger partial charge in [-0.25, -0.2) is 4.39 Å². The van der Waals surface area contributed by atoms with Crippen LogP contribution in [0.3, 0.4) is 0 Å². The molecule has 3 nitrogen and oxygen atoms in total. The molecule has 0 amide bonds. The number of carbonyl (C=O) groups is 1. The van der Waals surface area contributed by atoms with Crippen LogP contribution in [0.5, 0.6) is 0 Å². The fraction of sp³-hybridized carbons (Fsp3) is 0.154. The third-order valence-corrected chi connectivity index (χ3v) is 2.55. The highest BCUT2D eigenvalue weighted by Crippen LogP contribution is 2.15. The zero-order valence-corrected chi connectivity index (χ0v) is 9.35. The first kappa shape index (κ1) is 11.4. The Morgan fingerprint density at radius 3 is 2.47 bits per heavy atom. The molecule has 86 valence electrons. The lowest BCUT2D eigenvalue weighted by molar-refractivity contribution is 0.103. The van der Waals surface area contributed by atoms with E-state index in [0.717, 1.165) is 11.8 Å². The van der Waals surface area contributed by atoms with Gasteiger partial charge in [-0.05, 0) is 24.1 Å². The van der Waals surface area contributed by atoms with Gasteiger partial charge >= 0.3 is 0 Å². The van der Waals surface area contributed by atoms with E-state index in [-0.39, 0.29) is 11.3 Å². The van der Waals surface area contributed by atoms with Gasteiger partial charge in [-0.1, -0.05) is 6.92 Å². The third-order valence-electron chi connectivity index (χ3n) is 2.55.